The summed E-state index contributed by atoms with van der Waals surface area (Å²) in [5, 5.41) is -7.46. The van der Waals surface area contributed by atoms with Crippen LogP contribution in [0, 0.1) is 0 Å². The van der Waals surface area contributed by atoms with E-state index in [9.17, 15) is 43.9 Å². The van der Waals surface area contributed by atoms with Crippen molar-refractivity contribution in [3.8, 4) is 5.75 Å². The number of alkyl halides is 9. The Labute approximate surface area is 265 Å². The minimum absolute atomic E-state index is 0.0409. The Morgan fingerprint density at radius 1 is 0.660 bits per heavy atom. The van der Waals surface area contributed by atoms with Crippen LogP contribution in [0.1, 0.15) is 0 Å². The first-order chi connectivity index (χ1) is 21.8. The first kappa shape index (κ1) is 34.5. The molecule has 0 fully saturated rings. The molecule has 47 heavy (non-hydrogen) atoms. The highest BCUT2D eigenvalue weighted by molar-refractivity contribution is 8.33. The third kappa shape index (κ3) is 5.23. The lowest BCUT2D eigenvalue weighted by molar-refractivity contribution is -0.382. The maximum Gasteiger partial charge on any atom is 0.460 e. The van der Waals surface area contributed by atoms with Crippen molar-refractivity contribution in [1.82, 2.24) is 0 Å². The standard InChI is InChI=1S/C30H19F9O5S3/c1-43-21-16-17-23(24-25(40)20-14-8-9-15-22(20)45-26(21)24)46(18-10-4-2-5-11-18,19-12-6-3-7-13-19)44-47(41,42)30(38,39)28(33,34)27(31,32)29(35,36)37/h2-17H,1H3. The molecule has 0 aliphatic heterocycles. The molecule has 0 N–H and O–H groups in total. The summed E-state index contributed by atoms with van der Waals surface area (Å²) in [4.78, 5) is 13.0. The van der Waals surface area contributed by atoms with E-state index in [2.05, 4.69) is 0 Å². The largest absolute Gasteiger partial charge is 0.495 e. The van der Waals surface area contributed by atoms with Gasteiger partial charge < -0.3 is 4.74 Å². The fourth-order valence-corrected chi connectivity index (χ4v) is 11.3. The molecule has 0 atom stereocenters. The number of benzene rings is 4. The molecule has 0 aliphatic carbocycles. The molecule has 0 radical (unpaired) electrons. The molecule has 5 nitrogen and oxygen atoms in total. The van der Waals surface area contributed by atoms with Crippen molar-refractivity contribution in [1.29, 1.82) is 0 Å². The zero-order valence-electron chi connectivity index (χ0n) is 23.4. The van der Waals surface area contributed by atoms with Gasteiger partial charge in [-0.1, -0.05) is 48.5 Å². The molecule has 0 bridgehead atoms. The summed E-state index contributed by atoms with van der Waals surface area (Å²) < 4.78 is 164. The summed E-state index contributed by atoms with van der Waals surface area (Å²) >= 11 is 0.962. The Kier molecular flexibility index (Phi) is 8.61. The fraction of sp³-hybridized carbons (Fsp3) is 0.167. The van der Waals surface area contributed by atoms with E-state index in [0.717, 1.165) is 41.7 Å². The van der Waals surface area contributed by atoms with Crippen LogP contribution in [0.2, 0.25) is 0 Å². The third-order valence-corrected chi connectivity index (χ3v) is 13.4. The Hall–Kier alpha value is -3.80. The van der Waals surface area contributed by atoms with Gasteiger partial charge in [-0.2, -0.15) is 47.9 Å². The van der Waals surface area contributed by atoms with Gasteiger partial charge >= 0.3 is 33.4 Å². The highest BCUT2D eigenvalue weighted by atomic mass is 32.3. The van der Waals surface area contributed by atoms with E-state index in [1.54, 1.807) is 12.1 Å². The highest BCUT2D eigenvalue weighted by Gasteiger charge is 2.86. The van der Waals surface area contributed by atoms with Crippen LogP contribution in [0.5, 0.6) is 5.75 Å². The zero-order chi connectivity index (χ0) is 34.6. The zero-order valence-corrected chi connectivity index (χ0v) is 25.9. The summed E-state index contributed by atoms with van der Waals surface area (Å²) in [5.41, 5.74) is -0.798. The molecule has 0 saturated carbocycles. The van der Waals surface area contributed by atoms with Crippen LogP contribution < -0.4 is 10.2 Å². The van der Waals surface area contributed by atoms with Crippen molar-refractivity contribution in [2.75, 3.05) is 7.11 Å². The van der Waals surface area contributed by atoms with Crippen LogP contribution in [0.3, 0.4) is 0 Å². The molecule has 0 spiro atoms. The van der Waals surface area contributed by atoms with Crippen LogP contribution in [-0.2, 0) is 13.7 Å². The van der Waals surface area contributed by atoms with Crippen molar-refractivity contribution in [3.63, 3.8) is 0 Å². The Morgan fingerprint density at radius 2 is 1.17 bits per heavy atom. The smallest absolute Gasteiger partial charge is 0.460 e. The second kappa shape index (κ2) is 11.7. The average Bonchev–Trinajstić information content (AvgIpc) is 3.03. The summed E-state index contributed by atoms with van der Waals surface area (Å²) in [5.74, 6) is -15.0. The van der Waals surface area contributed by atoms with E-state index < -0.39 is 54.0 Å². The first-order valence-corrected chi connectivity index (χ1v) is 16.8. The normalized spacial score (nSPS) is 14.0. The number of methoxy groups -OCH3 is 1. The Morgan fingerprint density at radius 3 is 1.68 bits per heavy atom. The van der Waals surface area contributed by atoms with Crippen molar-refractivity contribution >= 4 is 51.9 Å². The minimum atomic E-state index is -7.56. The molecule has 0 aliphatic rings. The fourth-order valence-electron chi connectivity index (χ4n) is 4.67. The van der Waals surface area contributed by atoms with Gasteiger partial charge in [0.25, 0.3) is 0 Å². The molecular formula is C30H19F9O5S3. The van der Waals surface area contributed by atoms with Gasteiger partial charge in [0.15, 0.2) is 5.43 Å². The SMILES string of the molecule is COc1ccc(S(OS(=O)(=O)C(F)(F)C(F)(F)C(F)(F)C(F)(F)F)(c2ccccc2)c2ccccc2)c2c(=O)c3ccccc3sc12. The number of fused-ring (bicyclic) bond motifs is 2. The molecule has 5 aromatic rings. The topological polar surface area (TPSA) is 69.7 Å². The average molecular weight is 727 g/mol. The van der Waals surface area contributed by atoms with Crippen LogP contribution >= 0.6 is 21.6 Å². The molecule has 5 rings (SSSR count). The summed E-state index contributed by atoms with van der Waals surface area (Å²) in [7, 11) is -10.7. The van der Waals surface area contributed by atoms with E-state index in [1.165, 1.54) is 61.7 Å². The number of rotatable bonds is 9. The second-order valence-corrected chi connectivity index (χ2v) is 15.3. The van der Waals surface area contributed by atoms with E-state index >= 15 is 8.78 Å². The van der Waals surface area contributed by atoms with Gasteiger partial charge in [0.2, 0.25) is 0 Å². The van der Waals surface area contributed by atoms with E-state index in [-0.39, 0.29) is 31.0 Å². The minimum Gasteiger partial charge on any atom is -0.495 e. The Bertz CT molecular complexity index is 2080. The maximum atomic E-state index is 15.3. The lowest BCUT2D eigenvalue weighted by atomic mass is 10.1. The highest BCUT2D eigenvalue weighted by Crippen LogP contribution is 2.72. The monoisotopic (exact) mass is 726 g/mol. The molecule has 4 aromatic carbocycles. The number of ether oxygens (including phenoxy) is 1. The van der Waals surface area contributed by atoms with E-state index in [0.29, 0.717) is 4.70 Å². The lowest BCUT2D eigenvalue weighted by Gasteiger charge is -2.41. The predicted molar refractivity (Wildman–Crippen MR) is 158 cm³/mol. The molecule has 1 heterocycles. The van der Waals surface area contributed by atoms with E-state index in [4.69, 9.17) is 8.37 Å². The van der Waals surface area contributed by atoms with Gasteiger partial charge in [0.05, 0.1) is 17.2 Å². The van der Waals surface area contributed by atoms with Crippen molar-refractivity contribution < 1.29 is 56.3 Å². The van der Waals surface area contributed by atoms with Crippen LogP contribution in [0.25, 0.3) is 20.2 Å². The van der Waals surface area contributed by atoms with Crippen LogP contribution in [0.15, 0.2) is 117 Å². The maximum absolute atomic E-state index is 15.3. The van der Waals surface area contributed by atoms with Crippen molar-refractivity contribution in [2.24, 2.45) is 0 Å². The van der Waals surface area contributed by atoms with Gasteiger partial charge in [-0.15, -0.1) is 11.3 Å². The van der Waals surface area contributed by atoms with Gasteiger partial charge in [-0.3, -0.25) is 4.79 Å². The molecule has 17 heteroatoms. The van der Waals surface area contributed by atoms with Crippen LogP contribution in [-0.4, -0.2) is 38.8 Å². The molecule has 0 amide bonds. The number of halogens is 9. The van der Waals surface area contributed by atoms with Gasteiger partial charge in [-0.05, 0) is 58.8 Å². The van der Waals surface area contributed by atoms with Gasteiger partial charge in [0, 0.05) is 24.8 Å². The summed E-state index contributed by atoms with van der Waals surface area (Å²) in [6.45, 7) is 0. The summed E-state index contributed by atoms with van der Waals surface area (Å²) in [6, 6.07) is 20.9. The lowest BCUT2D eigenvalue weighted by Crippen LogP contribution is -2.63. The second-order valence-electron chi connectivity index (χ2n) is 9.77. The quantitative estimate of drug-likeness (QED) is 0.112. The van der Waals surface area contributed by atoms with Gasteiger partial charge in [-0.25, -0.2) is 3.63 Å². The summed E-state index contributed by atoms with van der Waals surface area (Å²) in [6.07, 6.45) is -7.29. The molecule has 1 aromatic heterocycles. The predicted octanol–water partition coefficient (Wildman–Crippen LogP) is 9.39. The molecule has 250 valence electrons. The van der Waals surface area contributed by atoms with E-state index in [1.807, 2.05) is 0 Å². The third-order valence-electron chi connectivity index (χ3n) is 6.96. The van der Waals surface area contributed by atoms with Gasteiger partial charge in [0.1, 0.15) is 5.75 Å². The molecule has 0 unspecified atom stereocenters. The first-order valence-electron chi connectivity index (χ1n) is 13.0. The van der Waals surface area contributed by atoms with Crippen molar-refractivity contribution in [2.45, 2.75) is 38.0 Å². The van der Waals surface area contributed by atoms with Crippen molar-refractivity contribution in [3.05, 3.63) is 107 Å². The van der Waals surface area contributed by atoms with Crippen LogP contribution in [0.4, 0.5) is 39.5 Å². The number of hydrogen-bond acceptors (Lipinski definition) is 6. The number of hydrogen-bond donors (Lipinski definition) is 0. The molecule has 0 saturated heterocycles. The molecular weight excluding hydrogens is 708 g/mol. The Balaban J connectivity index is 1.95.